The maximum atomic E-state index is 8.85. The SMILES string of the molecule is CSc1nc(N)cc(Oc2ccc(CCO)cc2)n1. The van der Waals surface area contributed by atoms with Gasteiger partial charge < -0.3 is 15.6 Å². The molecule has 0 radical (unpaired) electrons. The van der Waals surface area contributed by atoms with Crippen LogP contribution < -0.4 is 10.5 Å². The average Bonchev–Trinajstić information content (AvgIpc) is 2.40. The van der Waals surface area contributed by atoms with Gasteiger partial charge in [0.1, 0.15) is 11.6 Å². The number of nitrogens with two attached hydrogens (primary N) is 1. The number of aromatic nitrogens is 2. The van der Waals surface area contributed by atoms with Crippen LogP contribution >= 0.6 is 11.8 Å². The van der Waals surface area contributed by atoms with Crippen molar-refractivity contribution in [2.45, 2.75) is 11.6 Å². The molecule has 0 aliphatic heterocycles. The molecule has 1 aromatic carbocycles. The van der Waals surface area contributed by atoms with E-state index in [0.29, 0.717) is 29.0 Å². The first-order valence-electron chi connectivity index (χ1n) is 5.77. The molecular weight excluding hydrogens is 262 g/mol. The highest BCUT2D eigenvalue weighted by Crippen LogP contribution is 2.23. The molecule has 19 heavy (non-hydrogen) atoms. The maximum absolute atomic E-state index is 8.85. The van der Waals surface area contributed by atoms with Crippen LogP contribution in [0.15, 0.2) is 35.5 Å². The number of thioether (sulfide) groups is 1. The Morgan fingerprint density at radius 3 is 2.63 bits per heavy atom. The Labute approximate surface area is 115 Å². The fourth-order valence-electron chi connectivity index (χ4n) is 1.54. The van der Waals surface area contributed by atoms with E-state index in [9.17, 15) is 0 Å². The van der Waals surface area contributed by atoms with Gasteiger partial charge in [-0.05, 0) is 30.4 Å². The van der Waals surface area contributed by atoms with E-state index in [4.69, 9.17) is 15.6 Å². The van der Waals surface area contributed by atoms with E-state index in [-0.39, 0.29) is 6.61 Å². The Bertz CT molecular complexity index is 546. The van der Waals surface area contributed by atoms with Crippen molar-refractivity contribution in [3.63, 3.8) is 0 Å². The average molecular weight is 277 g/mol. The van der Waals surface area contributed by atoms with E-state index in [0.717, 1.165) is 5.56 Å². The summed E-state index contributed by atoms with van der Waals surface area (Å²) in [6.45, 7) is 0.139. The smallest absolute Gasteiger partial charge is 0.225 e. The Morgan fingerprint density at radius 1 is 1.26 bits per heavy atom. The van der Waals surface area contributed by atoms with Gasteiger partial charge in [0.05, 0.1) is 0 Å². The zero-order chi connectivity index (χ0) is 13.7. The van der Waals surface area contributed by atoms with Gasteiger partial charge in [-0.25, -0.2) is 4.98 Å². The predicted octanol–water partition coefficient (Wildman–Crippen LogP) is 2.11. The largest absolute Gasteiger partial charge is 0.439 e. The summed E-state index contributed by atoms with van der Waals surface area (Å²) in [5.74, 6) is 1.48. The summed E-state index contributed by atoms with van der Waals surface area (Å²) in [5.41, 5.74) is 6.74. The van der Waals surface area contributed by atoms with Crippen LogP contribution in [0.2, 0.25) is 0 Å². The van der Waals surface area contributed by atoms with Gasteiger partial charge in [-0.3, -0.25) is 0 Å². The molecule has 5 nitrogen and oxygen atoms in total. The molecule has 0 saturated heterocycles. The molecule has 100 valence electrons. The fraction of sp³-hybridized carbons (Fsp3) is 0.231. The van der Waals surface area contributed by atoms with E-state index < -0.39 is 0 Å². The van der Waals surface area contributed by atoms with Crippen molar-refractivity contribution >= 4 is 17.6 Å². The minimum Gasteiger partial charge on any atom is -0.439 e. The molecule has 1 heterocycles. The molecule has 0 aliphatic carbocycles. The summed E-state index contributed by atoms with van der Waals surface area (Å²) in [6, 6.07) is 9.07. The van der Waals surface area contributed by atoms with Gasteiger partial charge in [-0.1, -0.05) is 23.9 Å². The summed E-state index contributed by atoms with van der Waals surface area (Å²) >= 11 is 1.41. The fourth-order valence-corrected chi connectivity index (χ4v) is 1.92. The standard InChI is InChI=1S/C13H15N3O2S/c1-19-13-15-11(14)8-12(16-13)18-10-4-2-9(3-5-10)6-7-17/h2-5,8,17H,6-7H2,1H3,(H2,14,15,16). The number of hydrogen-bond acceptors (Lipinski definition) is 6. The Kier molecular flexibility index (Phi) is 4.59. The molecule has 2 aromatic rings. The highest BCUT2D eigenvalue weighted by Gasteiger charge is 2.04. The van der Waals surface area contributed by atoms with Gasteiger partial charge >= 0.3 is 0 Å². The predicted molar refractivity (Wildman–Crippen MR) is 75.5 cm³/mol. The second-order valence-electron chi connectivity index (χ2n) is 3.84. The molecule has 0 atom stereocenters. The Balaban J connectivity index is 2.14. The zero-order valence-corrected chi connectivity index (χ0v) is 11.4. The van der Waals surface area contributed by atoms with Crippen LogP contribution in [0.1, 0.15) is 5.56 Å². The van der Waals surface area contributed by atoms with Crippen LogP contribution in [0.25, 0.3) is 0 Å². The summed E-state index contributed by atoms with van der Waals surface area (Å²) in [7, 11) is 0. The normalized spacial score (nSPS) is 10.4. The van der Waals surface area contributed by atoms with Crippen molar-refractivity contribution in [3.8, 4) is 11.6 Å². The maximum Gasteiger partial charge on any atom is 0.225 e. The van der Waals surface area contributed by atoms with Crippen LogP contribution in [0, 0.1) is 0 Å². The highest BCUT2D eigenvalue weighted by molar-refractivity contribution is 7.98. The van der Waals surface area contributed by atoms with E-state index in [1.807, 2.05) is 30.5 Å². The van der Waals surface area contributed by atoms with Gasteiger partial charge in [0.25, 0.3) is 0 Å². The molecule has 1 aromatic heterocycles. The van der Waals surface area contributed by atoms with Crippen LogP contribution in [-0.2, 0) is 6.42 Å². The second-order valence-corrected chi connectivity index (χ2v) is 4.61. The molecular formula is C13H15N3O2S. The molecule has 0 fully saturated rings. The number of aliphatic hydroxyl groups is 1. The topological polar surface area (TPSA) is 81.3 Å². The van der Waals surface area contributed by atoms with Crippen molar-refractivity contribution < 1.29 is 9.84 Å². The Hall–Kier alpha value is -1.79. The third-order valence-electron chi connectivity index (χ3n) is 2.43. The molecule has 0 saturated carbocycles. The molecule has 6 heteroatoms. The van der Waals surface area contributed by atoms with E-state index in [1.165, 1.54) is 11.8 Å². The minimum absolute atomic E-state index is 0.139. The van der Waals surface area contributed by atoms with Crippen molar-refractivity contribution in [2.75, 3.05) is 18.6 Å². The van der Waals surface area contributed by atoms with E-state index in [2.05, 4.69) is 9.97 Å². The number of anilines is 1. The third-order valence-corrected chi connectivity index (χ3v) is 2.98. The third kappa shape index (κ3) is 3.84. The number of ether oxygens (including phenoxy) is 1. The number of nitrogen functional groups attached to an aromatic ring is 1. The highest BCUT2D eigenvalue weighted by atomic mass is 32.2. The molecule has 0 aliphatic rings. The van der Waals surface area contributed by atoms with Gasteiger partial charge in [0.2, 0.25) is 5.88 Å². The second kappa shape index (κ2) is 6.40. The lowest BCUT2D eigenvalue weighted by Gasteiger charge is -2.07. The first-order chi connectivity index (χ1) is 9.21. The molecule has 0 amide bonds. The van der Waals surface area contributed by atoms with Crippen LogP contribution in [0.3, 0.4) is 0 Å². The number of benzene rings is 1. The van der Waals surface area contributed by atoms with Gasteiger partial charge in [0, 0.05) is 12.7 Å². The minimum atomic E-state index is 0.139. The molecule has 0 unspecified atom stereocenters. The first-order valence-corrected chi connectivity index (χ1v) is 7.00. The Morgan fingerprint density at radius 2 is 2.00 bits per heavy atom. The van der Waals surface area contributed by atoms with Crippen molar-refractivity contribution in [3.05, 3.63) is 35.9 Å². The summed E-state index contributed by atoms with van der Waals surface area (Å²) < 4.78 is 5.63. The number of rotatable bonds is 5. The summed E-state index contributed by atoms with van der Waals surface area (Å²) in [5, 5.41) is 9.42. The lowest BCUT2D eigenvalue weighted by molar-refractivity contribution is 0.299. The van der Waals surface area contributed by atoms with Gasteiger partial charge in [-0.15, -0.1) is 0 Å². The quantitative estimate of drug-likeness (QED) is 0.643. The van der Waals surface area contributed by atoms with E-state index >= 15 is 0 Å². The lowest BCUT2D eigenvalue weighted by atomic mass is 10.1. The van der Waals surface area contributed by atoms with Crippen molar-refractivity contribution in [1.82, 2.24) is 9.97 Å². The number of hydrogen-bond donors (Lipinski definition) is 2. The van der Waals surface area contributed by atoms with E-state index in [1.54, 1.807) is 6.07 Å². The number of nitrogens with zero attached hydrogens (tertiary/aromatic N) is 2. The lowest BCUT2D eigenvalue weighted by Crippen LogP contribution is -1.97. The number of aliphatic hydroxyl groups excluding tert-OH is 1. The zero-order valence-electron chi connectivity index (χ0n) is 10.5. The van der Waals surface area contributed by atoms with Gasteiger partial charge in [-0.2, -0.15) is 4.98 Å². The molecule has 0 bridgehead atoms. The van der Waals surface area contributed by atoms with Gasteiger partial charge in [0.15, 0.2) is 5.16 Å². The molecule has 3 N–H and O–H groups in total. The first kappa shape index (κ1) is 13.6. The van der Waals surface area contributed by atoms with Crippen molar-refractivity contribution in [2.24, 2.45) is 0 Å². The molecule has 0 spiro atoms. The van der Waals surface area contributed by atoms with Crippen LogP contribution in [0.5, 0.6) is 11.6 Å². The van der Waals surface area contributed by atoms with Crippen LogP contribution in [-0.4, -0.2) is 27.9 Å². The summed E-state index contributed by atoms with van der Waals surface area (Å²) in [4.78, 5) is 8.27. The molecule has 2 rings (SSSR count). The monoisotopic (exact) mass is 277 g/mol. The van der Waals surface area contributed by atoms with Crippen LogP contribution in [0.4, 0.5) is 5.82 Å². The summed E-state index contributed by atoms with van der Waals surface area (Å²) in [6.07, 6.45) is 2.51. The van der Waals surface area contributed by atoms with Crippen molar-refractivity contribution in [1.29, 1.82) is 0 Å².